The summed E-state index contributed by atoms with van der Waals surface area (Å²) in [6, 6.07) is 8.50. The molecule has 180 valence electrons. The van der Waals surface area contributed by atoms with Crippen molar-refractivity contribution >= 4 is 40.7 Å². The number of amides is 3. The molecule has 4 rings (SSSR count). The molecule has 2 aromatic rings. The van der Waals surface area contributed by atoms with E-state index in [4.69, 9.17) is 11.6 Å². The van der Waals surface area contributed by atoms with Crippen LogP contribution in [0.25, 0.3) is 0 Å². The van der Waals surface area contributed by atoms with E-state index >= 15 is 0 Å². The van der Waals surface area contributed by atoms with Gasteiger partial charge in [-0.05, 0) is 36.6 Å². The number of rotatable bonds is 6. The Bertz CT molecular complexity index is 1280. The van der Waals surface area contributed by atoms with Gasteiger partial charge >= 0.3 is 0 Å². The van der Waals surface area contributed by atoms with Crippen LogP contribution in [0.2, 0.25) is 5.02 Å². The predicted molar refractivity (Wildman–Crippen MR) is 123 cm³/mol. The number of carbonyl (C=O) groups excluding carboxylic acids is 3. The normalized spacial score (nSPS) is 21.1. The van der Waals surface area contributed by atoms with Crippen LogP contribution in [0.15, 0.2) is 54.6 Å². The summed E-state index contributed by atoms with van der Waals surface area (Å²) in [5.41, 5.74) is -0.614. The lowest BCUT2D eigenvalue weighted by Crippen LogP contribution is -2.50. The Balaban J connectivity index is 1.78. The molecule has 0 radical (unpaired) electrons. The van der Waals surface area contributed by atoms with E-state index in [-0.39, 0.29) is 33.4 Å². The summed E-state index contributed by atoms with van der Waals surface area (Å²) in [4.78, 5) is 61.5. The van der Waals surface area contributed by atoms with Crippen molar-refractivity contribution in [2.24, 2.45) is 17.8 Å². The molecule has 12 heteroatoms. The van der Waals surface area contributed by atoms with Crippen molar-refractivity contribution in [3.8, 4) is 0 Å². The Hall–Kier alpha value is -4.12. The molecule has 0 bridgehead atoms. The van der Waals surface area contributed by atoms with Gasteiger partial charge in [-0.3, -0.25) is 34.6 Å². The molecular weight excluding hydrogens is 480 g/mol. The number of non-ortho nitro benzene ring substituents is 1. The SMILES string of the molecule is C[C@@H]1C=CC[C@@H]2C(=O)N(N(Cc3ccc(Cl)cc3[N+](=O)[O-])C(=O)c3ccc([N+](=O)[O-])cc3)C(=O)[C@H]12. The van der Waals surface area contributed by atoms with E-state index in [1.807, 2.05) is 12.2 Å². The maximum atomic E-state index is 13.5. The molecule has 1 saturated heterocycles. The van der Waals surface area contributed by atoms with Crippen LogP contribution in [0.1, 0.15) is 29.3 Å². The molecule has 1 aliphatic carbocycles. The highest BCUT2D eigenvalue weighted by Crippen LogP contribution is 2.40. The van der Waals surface area contributed by atoms with E-state index in [2.05, 4.69) is 0 Å². The van der Waals surface area contributed by atoms with Crippen molar-refractivity contribution in [1.82, 2.24) is 10.0 Å². The lowest BCUT2D eigenvalue weighted by atomic mass is 9.78. The van der Waals surface area contributed by atoms with Crippen molar-refractivity contribution < 1.29 is 24.2 Å². The van der Waals surface area contributed by atoms with Crippen molar-refractivity contribution in [2.45, 2.75) is 19.9 Å². The quantitative estimate of drug-likeness (QED) is 0.254. The number of imide groups is 1. The van der Waals surface area contributed by atoms with Crippen LogP contribution in [0.5, 0.6) is 0 Å². The number of fused-ring (bicyclic) bond motifs is 1. The zero-order valence-electron chi connectivity index (χ0n) is 18.4. The largest absolute Gasteiger partial charge is 0.275 e. The van der Waals surface area contributed by atoms with E-state index in [1.165, 1.54) is 24.3 Å². The number of hydrogen-bond acceptors (Lipinski definition) is 7. The van der Waals surface area contributed by atoms with Crippen molar-refractivity contribution in [3.63, 3.8) is 0 Å². The van der Waals surface area contributed by atoms with Gasteiger partial charge in [0.1, 0.15) is 0 Å². The van der Waals surface area contributed by atoms with Crippen LogP contribution in [-0.2, 0) is 16.1 Å². The van der Waals surface area contributed by atoms with Gasteiger partial charge in [0.05, 0.1) is 33.8 Å². The van der Waals surface area contributed by atoms with Crippen LogP contribution in [0.3, 0.4) is 0 Å². The number of hydrogen-bond donors (Lipinski definition) is 0. The van der Waals surface area contributed by atoms with Gasteiger partial charge in [-0.15, -0.1) is 0 Å². The number of nitro benzene ring substituents is 2. The minimum Gasteiger partial charge on any atom is -0.272 e. The Labute approximate surface area is 203 Å². The molecule has 0 aromatic heterocycles. The summed E-state index contributed by atoms with van der Waals surface area (Å²) in [7, 11) is 0. The van der Waals surface area contributed by atoms with Gasteiger partial charge in [0.15, 0.2) is 0 Å². The molecule has 35 heavy (non-hydrogen) atoms. The fourth-order valence-corrected chi connectivity index (χ4v) is 4.65. The number of nitrogens with zero attached hydrogens (tertiary/aromatic N) is 4. The second-order valence-electron chi connectivity index (χ2n) is 8.34. The lowest BCUT2D eigenvalue weighted by Gasteiger charge is -2.30. The first kappa shape index (κ1) is 24.0. The fraction of sp³-hybridized carbons (Fsp3) is 0.261. The molecule has 2 aromatic carbocycles. The standard InChI is InChI=1S/C23H19ClN4O7/c1-13-3-2-4-18-20(13)23(31)26(22(18)30)25(12-15-5-8-16(24)11-19(15)28(34)35)21(29)14-6-9-17(10-7-14)27(32)33/h2-3,5-11,13,18,20H,4,12H2,1H3/t13-,18+,20-/m1/s1. The number of halogens is 1. The van der Waals surface area contributed by atoms with Crippen LogP contribution in [0.4, 0.5) is 11.4 Å². The Kier molecular flexibility index (Phi) is 6.35. The van der Waals surface area contributed by atoms with Gasteiger partial charge in [-0.2, -0.15) is 5.01 Å². The van der Waals surface area contributed by atoms with Gasteiger partial charge in [-0.1, -0.05) is 30.7 Å². The highest BCUT2D eigenvalue weighted by atomic mass is 35.5. The average molecular weight is 499 g/mol. The first-order chi connectivity index (χ1) is 16.6. The highest BCUT2D eigenvalue weighted by Gasteiger charge is 2.53. The maximum absolute atomic E-state index is 13.5. The second-order valence-corrected chi connectivity index (χ2v) is 8.78. The van der Waals surface area contributed by atoms with Gasteiger partial charge in [0.25, 0.3) is 29.1 Å². The average Bonchev–Trinajstić information content (AvgIpc) is 3.08. The van der Waals surface area contributed by atoms with Gasteiger partial charge < -0.3 is 0 Å². The van der Waals surface area contributed by atoms with E-state index in [9.17, 15) is 34.6 Å². The third-order valence-electron chi connectivity index (χ3n) is 6.21. The van der Waals surface area contributed by atoms with E-state index < -0.39 is 45.9 Å². The number of hydrazine groups is 1. The van der Waals surface area contributed by atoms with Crippen molar-refractivity contribution in [1.29, 1.82) is 0 Å². The van der Waals surface area contributed by atoms with Gasteiger partial charge in [-0.25, -0.2) is 5.01 Å². The van der Waals surface area contributed by atoms with Crippen LogP contribution in [-0.4, -0.2) is 37.6 Å². The van der Waals surface area contributed by atoms with Crippen LogP contribution < -0.4 is 0 Å². The molecule has 0 spiro atoms. The van der Waals surface area contributed by atoms with Crippen molar-refractivity contribution in [2.75, 3.05) is 0 Å². The highest BCUT2D eigenvalue weighted by molar-refractivity contribution is 6.30. The summed E-state index contributed by atoms with van der Waals surface area (Å²) in [5, 5.41) is 24.3. The molecule has 3 atom stereocenters. The topological polar surface area (TPSA) is 144 Å². The number of benzene rings is 2. The third-order valence-corrected chi connectivity index (χ3v) is 6.45. The van der Waals surface area contributed by atoms with E-state index in [0.717, 1.165) is 28.2 Å². The smallest absolute Gasteiger partial charge is 0.272 e. The van der Waals surface area contributed by atoms with Crippen LogP contribution >= 0.6 is 11.6 Å². The molecule has 1 aliphatic heterocycles. The molecule has 1 fully saturated rings. The Morgan fingerprint density at radius 1 is 1.09 bits per heavy atom. The molecular formula is C23H19ClN4O7. The Morgan fingerprint density at radius 3 is 2.37 bits per heavy atom. The number of nitro groups is 2. The zero-order chi connectivity index (χ0) is 25.4. The van der Waals surface area contributed by atoms with Gasteiger partial charge in [0, 0.05) is 28.8 Å². The minimum absolute atomic E-state index is 0.0335. The minimum atomic E-state index is -0.815. The molecule has 2 aliphatic rings. The summed E-state index contributed by atoms with van der Waals surface area (Å²) in [6.45, 7) is 1.33. The van der Waals surface area contributed by atoms with E-state index in [0.29, 0.717) is 6.42 Å². The van der Waals surface area contributed by atoms with E-state index in [1.54, 1.807) is 6.92 Å². The number of allylic oxidation sites excluding steroid dienone is 2. The van der Waals surface area contributed by atoms with Crippen LogP contribution in [0, 0.1) is 38.0 Å². The third kappa shape index (κ3) is 4.37. The first-order valence-corrected chi connectivity index (χ1v) is 11.0. The summed E-state index contributed by atoms with van der Waals surface area (Å²) < 4.78 is 0. The molecule has 0 N–H and O–H groups in total. The zero-order valence-corrected chi connectivity index (χ0v) is 19.1. The summed E-state index contributed by atoms with van der Waals surface area (Å²) in [5.74, 6) is -3.54. The number of carbonyl (C=O) groups is 3. The molecule has 0 saturated carbocycles. The molecule has 3 amide bonds. The second kappa shape index (κ2) is 9.26. The monoisotopic (exact) mass is 498 g/mol. The molecule has 0 unspecified atom stereocenters. The molecule has 11 nitrogen and oxygen atoms in total. The summed E-state index contributed by atoms with van der Waals surface area (Å²) >= 11 is 5.90. The fourth-order valence-electron chi connectivity index (χ4n) is 4.48. The lowest BCUT2D eigenvalue weighted by molar-refractivity contribution is -0.385. The maximum Gasteiger partial charge on any atom is 0.275 e. The van der Waals surface area contributed by atoms with Crippen molar-refractivity contribution in [3.05, 3.63) is 91.0 Å². The molecule has 1 heterocycles. The predicted octanol–water partition coefficient (Wildman–Crippen LogP) is 3.91. The summed E-state index contributed by atoms with van der Waals surface area (Å²) in [6.07, 6.45) is 3.98. The Morgan fingerprint density at radius 2 is 1.77 bits per heavy atom. The van der Waals surface area contributed by atoms with Gasteiger partial charge in [0.2, 0.25) is 0 Å². The first-order valence-electron chi connectivity index (χ1n) is 10.6.